The largest absolute Gasteiger partial charge is 0.492 e. The lowest BCUT2D eigenvalue weighted by molar-refractivity contribution is -0.131. The van der Waals surface area contributed by atoms with E-state index in [2.05, 4.69) is 33.8 Å². The molecule has 1 N–H and O–H groups in total. The number of carboxylic acids is 1. The van der Waals surface area contributed by atoms with Crippen LogP contribution in [0.2, 0.25) is 5.02 Å². The number of carboxylic acid groups (broad SMARTS) is 1. The first-order valence-corrected chi connectivity index (χ1v) is 10.9. The van der Waals surface area contributed by atoms with Gasteiger partial charge in [0.15, 0.2) is 0 Å². The normalized spacial score (nSPS) is 16.8. The zero-order chi connectivity index (χ0) is 23.5. The summed E-state index contributed by atoms with van der Waals surface area (Å²) in [7, 11) is 0. The van der Waals surface area contributed by atoms with Crippen LogP contribution in [0, 0.1) is 5.92 Å². The van der Waals surface area contributed by atoms with E-state index in [1.807, 2.05) is 13.0 Å². The first-order chi connectivity index (χ1) is 14.4. The van der Waals surface area contributed by atoms with Gasteiger partial charge in [-0.25, -0.2) is 9.18 Å². The van der Waals surface area contributed by atoms with Crippen LogP contribution in [0.4, 0.5) is 4.39 Å². The monoisotopic (exact) mass is 446 g/mol. The van der Waals surface area contributed by atoms with E-state index in [-0.39, 0.29) is 5.41 Å². The SMILES string of the molecule is CCOc1c(\C(C)=C(F)/C=C/C(C)=C/C(=O)O)cc2c(c1Cl)C(C)(C)CC=C2C(C)C. The maximum absolute atomic E-state index is 15.1. The van der Waals surface area contributed by atoms with Crippen LogP contribution in [0.1, 0.15) is 71.6 Å². The lowest BCUT2D eigenvalue weighted by Gasteiger charge is -2.35. The molecular formula is C26H32ClFO3. The van der Waals surface area contributed by atoms with Crippen molar-refractivity contribution in [1.29, 1.82) is 0 Å². The number of carbonyl (C=O) groups is 1. The van der Waals surface area contributed by atoms with Crippen LogP contribution in [0.3, 0.4) is 0 Å². The van der Waals surface area contributed by atoms with E-state index in [0.29, 0.717) is 40.0 Å². The molecule has 1 aliphatic carbocycles. The smallest absolute Gasteiger partial charge is 0.328 e. The summed E-state index contributed by atoms with van der Waals surface area (Å²) >= 11 is 6.91. The van der Waals surface area contributed by atoms with Gasteiger partial charge in [-0.05, 0) is 78.5 Å². The van der Waals surface area contributed by atoms with Gasteiger partial charge in [0.05, 0.1) is 11.6 Å². The lowest BCUT2D eigenvalue weighted by Crippen LogP contribution is -2.24. The molecule has 2 rings (SSSR count). The van der Waals surface area contributed by atoms with Crippen molar-refractivity contribution in [3.05, 3.63) is 63.5 Å². The molecule has 0 bridgehead atoms. The van der Waals surface area contributed by atoms with Gasteiger partial charge in [-0.3, -0.25) is 0 Å². The van der Waals surface area contributed by atoms with Crippen molar-refractivity contribution in [3.8, 4) is 5.75 Å². The molecule has 3 nitrogen and oxygen atoms in total. The Bertz CT molecular complexity index is 994. The highest BCUT2D eigenvalue weighted by Crippen LogP contribution is 2.50. The molecular weight excluding hydrogens is 415 g/mol. The van der Waals surface area contributed by atoms with Crippen molar-refractivity contribution in [3.63, 3.8) is 0 Å². The third-order valence-corrected chi connectivity index (χ3v) is 5.92. The minimum atomic E-state index is -1.07. The third-order valence-electron chi connectivity index (χ3n) is 5.56. The highest BCUT2D eigenvalue weighted by Gasteiger charge is 2.34. The molecule has 1 aromatic carbocycles. The summed E-state index contributed by atoms with van der Waals surface area (Å²) in [4.78, 5) is 10.8. The number of hydrogen-bond acceptors (Lipinski definition) is 2. The number of aliphatic carboxylic acids is 1. The number of benzene rings is 1. The fourth-order valence-electron chi connectivity index (χ4n) is 3.91. The van der Waals surface area contributed by atoms with Gasteiger partial charge in [0.1, 0.15) is 11.6 Å². The summed E-state index contributed by atoms with van der Waals surface area (Å²) in [5.74, 6) is -0.756. The van der Waals surface area contributed by atoms with Crippen LogP contribution < -0.4 is 4.74 Å². The quantitative estimate of drug-likeness (QED) is 0.344. The van der Waals surface area contributed by atoms with E-state index in [4.69, 9.17) is 21.4 Å². The molecule has 0 heterocycles. The van der Waals surface area contributed by atoms with Gasteiger partial charge in [0.2, 0.25) is 0 Å². The zero-order valence-corrected chi connectivity index (χ0v) is 20.2. The summed E-state index contributed by atoms with van der Waals surface area (Å²) in [5, 5.41) is 9.37. The highest BCUT2D eigenvalue weighted by molar-refractivity contribution is 6.33. The number of hydrogen-bond donors (Lipinski definition) is 1. The summed E-state index contributed by atoms with van der Waals surface area (Å²) in [5.41, 5.74) is 4.55. The first-order valence-electron chi connectivity index (χ1n) is 10.6. The van der Waals surface area contributed by atoms with E-state index >= 15 is 4.39 Å². The van der Waals surface area contributed by atoms with Crippen molar-refractivity contribution >= 4 is 28.7 Å². The van der Waals surface area contributed by atoms with E-state index in [1.54, 1.807) is 13.8 Å². The molecule has 31 heavy (non-hydrogen) atoms. The van der Waals surface area contributed by atoms with Crippen LogP contribution in [0.15, 0.2) is 41.8 Å². The number of fused-ring (bicyclic) bond motifs is 1. The minimum absolute atomic E-state index is 0.163. The van der Waals surface area contributed by atoms with Gasteiger partial charge in [0.25, 0.3) is 0 Å². The Balaban J connectivity index is 2.74. The summed E-state index contributed by atoms with van der Waals surface area (Å²) in [6.45, 7) is 14.2. The average Bonchev–Trinajstić information content (AvgIpc) is 2.66. The standard InChI is InChI=1S/C26H32ClFO3/c1-8-31-25-19(17(5)21(28)10-9-16(4)13-22(29)30)14-20-18(15(2)3)11-12-26(6,7)23(20)24(25)27/h9-11,13-15H,8,12H2,1-7H3,(H,29,30)/b10-9+,16-13+,21-17+. The Morgan fingerprint density at radius 1 is 1.32 bits per heavy atom. The molecule has 5 heteroatoms. The van der Waals surface area contributed by atoms with Gasteiger partial charge >= 0.3 is 5.97 Å². The predicted molar refractivity (Wildman–Crippen MR) is 127 cm³/mol. The van der Waals surface area contributed by atoms with Gasteiger partial charge in [0, 0.05) is 11.6 Å². The van der Waals surface area contributed by atoms with Crippen LogP contribution >= 0.6 is 11.6 Å². The Labute approximate surface area is 190 Å². The molecule has 0 unspecified atom stereocenters. The molecule has 0 atom stereocenters. The van der Waals surface area contributed by atoms with Gasteiger partial charge in [-0.1, -0.05) is 51.4 Å². The van der Waals surface area contributed by atoms with Gasteiger partial charge in [-0.2, -0.15) is 0 Å². The lowest BCUT2D eigenvalue weighted by atomic mass is 9.70. The van der Waals surface area contributed by atoms with Crippen molar-refractivity contribution in [2.45, 2.75) is 60.3 Å². The number of allylic oxidation sites excluding steroid dienone is 7. The molecule has 0 aliphatic heterocycles. The Kier molecular flexibility index (Phi) is 7.93. The topological polar surface area (TPSA) is 46.5 Å². The maximum Gasteiger partial charge on any atom is 0.328 e. The Morgan fingerprint density at radius 2 is 1.97 bits per heavy atom. The van der Waals surface area contributed by atoms with E-state index in [1.165, 1.54) is 17.7 Å². The average molecular weight is 447 g/mol. The highest BCUT2D eigenvalue weighted by atomic mass is 35.5. The summed E-state index contributed by atoms with van der Waals surface area (Å²) in [6.07, 6.45) is 6.87. The predicted octanol–water partition coefficient (Wildman–Crippen LogP) is 7.75. The molecule has 0 saturated heterocycles. The van der Waals surface area contributed by atoms with Crippen molar-refractivity contribution in [2.24, 2.45) is 5.92 Å². The number of halogens is 2. The first kappa shape index (κ1) is 24.9. The van der Waals surface area contributed by atoms with E-state index < -0.39 is 11.8 Å². The summed E-state index contributed by atoms with van der Waals surface area (Å²) in [6, 6.07) is 1.99. The molecule has 1 aliphatic rings. The fraction of sp³-hybridized carbons (Fsp3) is 0.423. The number of ether oxygens (including phenoxy) is 1. The molecule has 0 spiro atoms. The molecule has 0 aromatic heterocycles. The Hall–Kier alpha value is -2.33. The van der Waals surface area contributed by atoms with Gasteiger partial charge < -0.3 is 9.84 Å². The molecule has 0 radical (unpaired) electrons. The second kappa shape index (κ2) is 9.86. The zero-order valence-electron chi connectivity index (χ0n) is 19.4. The van der Waals surface area contributed by atoms with Crippen molar-refractivity contribution in [2.75, 3.05) is 6.61 Å². The fourth-order valence-corrected chi connectivity index (χ4v) is 4.42. The number of rotatable bonds is 7. The van der Waals surface area contributed by atoms with Crippen LogP contribution in [0.25, 0.3) is 11.1 Å². The van der Waals surface area contributed by atoms with E-state index in [0.717, 1.165) is 23.6 Å². The molecule has 168 valence electrons. The molecule has 0 saturated carbocycles. The molecule has 0 amide bonds. The maximum atomic E-state index is 15.1. The van der Waals surface area contributed by atoms with Crippen LogP contribution in [0.5, 0.6) is 5.75 Å². The van der Waals surface area contributed by atoms with Crippen LogP contribution in [-0.4, -0.2) is 17.7 Å². The summed E-state index contributed by atoms with van der Waals surface area (Å²) < 4.78 is 21.0. The molecule has 0 fully saturated rings. The van der Waals surface area contributed by atoms with Gasteiger partial charge in [-0.15, -0.1) is 0 Å². The Morgan fingerprint density at radius 3 is 2.52 bits per heavy atom. The minimum Gasteiger partial charge on any atom is -0.492 e. The van der Waals surface area contributed by atoms with Crippen LogP contribution in [-0.2, 0) is 10.2 Å². The van der Waals surface area contributed by atoms with Crippen molar-refractivity contribution in [1.82, 2.24) is 0 Å². The van der Waals surface area contributed by atoms with Crippen molar-refractivity contribution < 1.29 is 19.0 Å². The third kappa shape index (κ3) is 5.48. The second-order valence-corrected chi connectivity index (χ2v) is 9.24. The van der Waals surface area contributed by atoms with E-state index in [9.17, 15) is 4.79 Å². The second-order valence-electron chi connectivity index (χ2n) is 8.86. The molecule has 1 aromatic rings.